The lowest BCUT2D eigenvalue weighted by atomic mass is 10.1. The number of carboxylic acids is 1. The van der Waals surface area contributed by atoms with E-state index in [1.807, 2.05) is 6.07 Å². The number of ether oxygens (including phenoxy) is 1. The van der Waals surface area contributed by atoms with Crippen molar-refractivity contribution >= 4 is 27.6 Å². The van der Waals surface area contributed by atoms with E-state index in [-0.39, 0.29) is 22.8 Å². The van der Waals surface area contributed by atoms with Crippen LogP contribution in [-0.2, 0) is 4.79 Å². The first-order chi connectivity index (χ1) is 15.0. The van der Waals surface area contributed by atoms with Crippen LogP contribution in [-0.4, -0.2) is 49.1 Å². The average molecular weight is 461 g/mol. The Hall–Kier alpha value is -3.01. The molecule has 8 nitrogen and oxygen atoms in total. The topological polar surface area (TPSA) is 119 Å². The average Bonchev–Trinajstić information content (AvgIpc) is 2.93. The van der Waals surface area contributed by atoms with Gasteiger partial charge in [-0.05, 0) is 45.4 Å². The van der Waals surface area contributed by atoms with Gasteiger partial charge in [0.25, 0.3) is 5.91 Å². The summed E-state index contributed by atoms with van der Waals surface area (Å²) in [5.74, 6) is -1.05. The number of benzene rings is 2. The highest BCUT2D eigenvalue weighted by atomic mass is 32.3. The molecule has 1 heterocycles. The third kappa shape index (κ3) is 4.90. The molecule has 0 radical (unpaired) electrons. The zero-order valence-corrected chi connectivity index (χ0v) is 19.1. The Kier molecular flexibility index (Phi) is 6.82. The summed E-state index contributed by atoms with van der Waals surface area (Å²) < 4.78 is 28.8. The van der Waals surface area contributed by atoms with Gasteiger partial charge in [0.15, 0.2) is 0 Å². The molecule has 2 aromatic carbocycles. The predicted molar refractivity (Wildman–Crippen MR) is 124 cm³/mol. The number of carboxylic acid groups (broad SMARTS) is 1. The van der Waals surface area contributed by atoms with Gasteiger partial charge in [-0.3, -0.25) is 13.9 Å². The van der Waals surface area contributed by atoms with Gasteiger partial charge < -0.3 is 15.2 Å². The van der Waals surface area contributed by atoms with Crippen LogP contribution in [0.4, 0.5) is 0 Å². The fourth-order valence-corrected chi connectivity index (χ4v) is 5.63. The van der Waals surface area contributed by atoms with Crippen LogP contribution in [0.5, 0.6) is 5.75 Å². The summed E-state index contributed by atoms with van der Waals surface area (Å²) in [6, 6.07) is 15.1. The molecule has 0 bridgehead atoms. The van der Waals surface area contributed by atoms with Crippen LogP contribution in [0, 0.1) is 0 Å². The Morgan fingerprint density at radius 1 is 1.09 bits per heavy atom. The van der Waals surface area contributed by atoms with Crippen LogP contribution < -0.4 is 10.1 Å². The number of aromatic carboxylic acids is 1. The molecule has 0 saturated carbocycles. The Morgan fingerprint density at radius 2 is 1.78 bits per heavy atom. The van der Waals surface area contributed by atoms with Gasteiger partial charge in [-0.15, -0.1) is 0 Å². The number of hydrogen-bond donors (Lipinski definition) is 4. The molecule has 3 rings (SSSR count). The minimum absolute atomic E-state index is 0.141. The number of nitrogens with one attached hydrogen (secondary N) is 1. The molecule has 0 aliphatic carbocycles. The van der Waals surface area contributed by atoms with Gasteiger partial charge in [-0.25, -0.2) is 9.10 Å². The number of carbonyl (C=O) groups is 2. The summed E-state index contributed by atoms with van der Waals surface area (Å²) in [6.45, 7) is 5.90. The maximum atomic E-state index is 13.2. The van der Waals surface area contributed by atoms with Crippen LogP contribution in [0.15, 0.2) is 60.3 Å². The molecule has 0 fully saturated rings. The van der Waals surface area contributed by atoms with Crippen molar-refractivity contribution in [3.05, 3.63) is 71.4 Å². The fourth-order valence-electron chi connectivity index (χ4n) is 3.47. The van der Waals surface area contributed by atoms with Crippen LogP contribution in [0.25, 0.3) is 4.91 Å². The Morgan fingerprint density at radius 3 is 2.41 bits per heavy atom. The zero-order valence-electron chi connectivity index (χ0n) is 18.2. The van der Waals surface area contributed by atoms with E-state index in [0.717, 1.165) is 4.31 Å². The van der Waals surface area contributed by atoms with Crippen LogP contribution in [0.1, 0.15) is 43.1 Å². The first-order valence-corrected chi connectivity index (χ1v) is 11.7. The second-order valence-electron chi connectivity index (χ2n) is 8.32. The molecule has 1 aliphatic rings. The Balaban J connectivity index is 1.73. The number of carbonyl (C=O) groups excluding carboxylic acids is 1. The van der Waals surface area contributed by atoms with Gasteiger partial charge >= 0.3 is 5.97 Å². The molecule has 32 heavy (non-hydrogen) atoms. The van der Waals surface area contributed by atoms with Crippen LogP contribution in [0.3, 0.4) is 0 Å². The van der Waals surface area contributed by atoms with E-state index in [4.69, 9.17) is 9.84 Å². The van der Waals surface area contributed by atoms with Gasteiger partial charge in [-0.1, -0.05) is 47.2 Å². The highest BCUT2D eigenvalue weighted by molar-refractivity contribution is 8.31. The predicted octanol–water partition coefficient (Wildman–Crippen LogP) is 4.42. The lowest BCUT2D eigenvalue weighted by molar-refractivity contribution is -0.125. The molecular formula is C23H28N2O6S. The van der Waals surface area contributed by atoms with Gasteiger partial charge in [-0.2, -0.15) is 0 Å². The molecule has 0 aromatic heterocycles. The summed E-state index contributed by atoms with van der Waals surface area (Å²) in [6.07, 6.45) is 0.505. The van der Waals surface area contributed by atoms with Crippen molar-refractivity contribution in [2.24, 2.45) is 0 Å². The highest BCUT2D eigenvalue weighted by Crippen LogP contribution is 2.63. The standard InChI is InChI=1S/C23H28N2O6S/c1-23(2,3)25-21(26)19(20(32(25,29)30)16-9-5-4-6-10-16)24-13-8-14-31-18-12-7-11-17(15-18)22(27)28/h4-7,9-12,15,24,29-30H,8,13-14H2,1-3H3,(H,27,28). The normalized spacial score (nSPS) is 16.8. The summed E-state index contributed by atoms with van der Waals surface area (Å²) >= 11 is 0. The molecule has 2 aromatic rings. The third-order valence-electron chi connectivity index (χ3n) is 4.77. The molecule has 172 valence electrons. The van der Waals surface area contributed by atoms with Crippen molar-refractivity contribution in [2.75, 3.05) is 13.2 Å². The van der Waals surface area contributed by atoms with E-state index in [9.17, 15) is 18.7 Å². The molecule has 9 heteroatoms. The molecule has 0 atom stereocenters. The van der Waals surface area contributed by atoms with Gasteiger partial charge in [0, 0.05) is 12.1 Å². The van der Waals surface area contributed by atoms with E-state index >= 15 is 0 Å². The number of nitrogens with zero attached hydrogens (tertiary/aromatic N) is 1. The number of rotatable bonds is 8. The zero-order chi connectivity index (χ0) is 23.5. The minimum atomic E-state index is -3.52. The van der Waals surface area contributed by atoms with Crippen molar-refractivity contribution < 1.29 is 28.5 Å². The lowest BCUT2D eigenvalue weighted by Crippen LogP contribution is -2.45. The SMILES string of the molecule is CC(C)(C)N1C(=O)C(NCCCOc2cccc(C(=O)O)c2)=C(c2ccccc2)S1(O)O. The molecule has 0 saturated heterocycles. The van der Waals surface area contributed by atoms with Crippen LogP contribution in [0.2, 0.25) is 0 Å². The fraction of sp³-hybridized carbons (Fsp3) is 0.304. The van der Waals surface area contributed by atoms with E-state index in [2.05, 4.69) is 5.32 Å². The molecule has 0 spiro atoms. The van der Waals surface area contributed by atoms with Crippen LogP contribution >= 0.6 is 10.8 Å². The van der Waals surface area contributed by atoms with E-state index in [1.54, 1.807) is 57.2 Å². The summed E-state index contributed by atoms with van der Waals surface area (Å²) in [5, 5.41) is 12.1. The first kappa shape index (κ1) is 23.6. The molecule has 0 unspecified atom stereocenters. The maximum Gasteiger partial charge on any atom is 0.335 e. The summed E-state index contributed by atoms with van der Waals surface area (Å²) in [4.78, 5) is 24.4. The van der Waals surface area contributed by atoms with Gasteiger partial charge in [0.2, 0.25) is 0 Å². The molecule has 1 aliphatic heterocycles. The summed E-state index contributed by atoms with van der Waals surface area (Å²) in [5.41, 5.74) is 0.0793. The smallest absolute Gasteiger partial charge is 0.335 e. The van der Waals surface area contributed by atoms with Crippen molar-refractivity contribution in [1.29, 1.82) is 0 Å². The molecular weight excluding hydrogens is 432 g/mol. The van der Waals surface area contributed by atoms with E-state index < -0.39 is 28.2 Å². The second-order valence-corrected chi connectivity index (χ2v) is 10.1. The highest BCUT2D eigenvalue weighted by Gasteiger charge is 2.49. The van der Waals surface area contributed by atoms with Crippen molar-refractivity contribution in [3.63, 3.8) is 0 Å². The maximum absolute atomic E-state index is 13.2. The summed E-state index contributed by atoms with van der Waals surface area (Å²) in [7, 11) is -3.52. The van der Waals surface area contributed by atoms with E-state index in [1.165, 1.54) is 12.1 Å². The minimum Gasteiger partial charge on any atom is -0.494 e. The van der Waals surface area contributed by atoms with Gasteiger partial charge in [0.1, 0.15) is 16.4 Å². The van der Waals surface area contributed by atoms with Crippen molar-refractivity contribution in [1.82, 2.24) is 9.62 Å². The monoisotopic (exact) mass is 460 g/mol. The number of amides is 1. The largest absolute Gasteiger partial charge is 0.494 e. The van der Waals surface area contributed by atoms with Crippen molar-refractivity contribution in [3.8, 4) is 5.75 Å². The lowest BCUT2D eigenvalue weighted by Gasteiger charge is -2.45. The Labute approximate surface area is 189 Å². The van der Waals surface area contributed by atoms with E-state index in [0.29, 0.717) is 24.3 Å². The number of hydrogen-bond acceptors (Lipinski definition) is 6. The first-order valence-electron chi connectivity index (χ1n) is 10.2. The third-order valence-corrected chi connectivity index (χ3v) is 6.98. The molecule has 4 N–H and O–H groups in total. The van der Waals surface area contributed by atoms with Gasteiger partial charge in [0.05, 0.1) is 17.7 Å². The quantitative estimate of drug-likeness (QED) is 0.431. The molecule has 1 amide bonds. The Bertz CT molecular complexity index is 1030. The second kappa shape index (κ2) is 9.23. The van der Waals surface area contributed by atoms with Crippen molar-refractivity contribution in [2.45, 2.75) is 32.7 Å².